The molecule has 3 heteroatoms. The number of carbonyl (C=O) groups excluding carboxylic acids is 1. The Bertz CT molecular complexity index is 367. The number of hydrogen-bond donors (Lipinski definition) is 1. The number of hydrogen-bond acceptors (Lipinski definition) is 2. The second-order valence-electron chi connectivity index (χ2n) is 3.16. The minimum Gasteiger partial charge on any atom is -0.402 e. The first-order valence-electron chi connectivity index (χ1n) is 4.29. The summed E-state index contributed by atoms with van der Waals surface area (Å²) in [4.78, 5) is 11.4. The second-order valence-corrected chi connectivity index (χ2v) is 4.41. The monoisotopic (exact) mass is 301 g/mol. The highest BCUT2D eigenvalue weighted by atomic mass is 127. The standard InChI is InChI=1S/C11H12INO/c1-8(13)5-11(14)7-9-3-2-4-10(12)6-9/h2-6H,7,13H2,1H3/b8-5-. The quantitative estimate of drug-likeness (QED) is 0.687. The molecule has 0 saturated heterocycles. The van der Waals surface area contributed by atoms with E-state index in [-0.39, 0.29) is 5.78 Å². The van der Waals surface area contributed by atoms with Crippen LogP contribution in [0.15, 0.2) is 36.0 Å². The number of rotatable bonds is 3. The summed E-state index contributed by atoms with van der Waals surface area (Å²) in [7, 11) is 0. The van der Waals surface area contributed by atoms with E-state index < -0.39 is 0 Å². The maximum atomic E-state index is 11.4. The van der Waals surface area contributed by atoms with Crippen LogP contribution in [-0.4, -0.2) is 5.78 Å². The molecule has 0 atom stereocenters. The van der Waals surface area contributed by atoms with Crippen molar-refractivity contribution in [1.82, 2.24) is 0 Å². The zero-order valence-electron chi connectivity index (χ0n) is 7.96. The molecule has 0 fully saturated rings. The molecule has 0 aromatic heterocycles. The summed E-state index contributed by atoms with van der Waals surface area (Å²) in [6, 6.07) is 7.89. The summed E-state index contributed by atoms with van der Waals surface area (Å²) >= 11 is 2.23. The molecule has 74 valence electrons. The lowest BCUT2D eigenvalue weighted by atomic mass is 10.1. The number of carbonyl (C=O) groups is 1. The molecule has 0 spiro atoms. The normalized spacial score (nSPS) is 11.4. The van der Waals surface area contributed by atoms with Gasteiger partial charge in [0.2, 0.25) is 0 Å². The van der Waals surface area contributed by atoms with Gasteiger partial charge < -0.3 is 5.73 Å². The van der Waals surface area contributed by atoms with Crippen molar-refractivity contribution in [3.63, 3.8) is 0 Å². The number of benzene rings is 1. The van der Waals surface area contributed by atoms with Crippen LogP contribution in [0.25, 0.3) is 0 Å². The molecule has 0 amide bonds. The van der Waals surface area contributed by atoms with Crippen LogP contribution in [0.1, 0.15) is 12.5 Å². The predicted molar refractivity (Wildman–Crippen MR) is 65.8 cm³/mol. The van der Waals surface area contributed by atoms with E-state index in [1.54, 1.807) is 6.92 Å². The molecule has 14 heavy (non-hydrogen) atoms. The van der Waals surface area contributed by atoms with Gasteiger partial charge in [-0.25, -0.2) is 0 Å². The van der Waals surface area contributed by atoms with Crippen molar-refractivity contribution in [2.75, 3.05) is 0 Å². The molecule has 0 unspecified atom stereocenters. The maximum absolute atomic E-state index is 11.4. The molecule has 0 bridgehead atoms. The van der Waals surface area contributed by atoms with Crippen LogP contribution in [0.5, 0.6) is 0 Å². The number of allylic oxidation sites excluding steroid dienone is 2. The Kier molecular flexibility index (Phi) is 4.13. The summed E-state index contributed by atoms with van der Waals surface area (Å²) in [6.07, 6.45) is 1.89. The first-order chi connectivity index (χ1) is 6.58. The van der Waals surface area contributed by atoms with Gasteiger partial charge in [-0.05, 0) is 53.3 Å². The van der Waals surface area contributed by atoms with E-state index in [2.05, 4.69) is 22.6 Å². The van der Waals surface area contributed by atoms with E-state index in [0.29, 0.717) is 12.1 Å². The van der Waals surface area contributed by atoms with E-state index >= 15 is 0 Å². The Morgan fingerprint density at radius 2 is 2.29 bits per heavy atom. The van der Waals surface area contributed by atoms with Gasteiger partial charge in [-0.3, -0.25) is 4.79 Å². The van der Waals surface area contributed by atoms with Gasteiger partial charge in [0.05, 0.1) is 0 Å². The fraction of sp³-hybridized carbons (Fsp3) is 0.182. The average molecular weight is 301 g/mol. The SMILES string of the molecule is C/C(N)=C/C(=O)Cc1cccc(I)c1. The van der Waals surface area contributed by atoms with E-state index in [4.69, 9.17) is 5.73 Å². The molecule has 2 N–H and O–H groups in total. The smallest absolute Gasteiger partial charge is 0.161 e. The summed E-state index contributed by atoms with van der Waals surface area (Å²) in [5, 5.41) is 0. The summed E-state index contributed by atoms with van der Waals surface area (Å²) in [5.41, 5.74) is 7.00. The molecular formula is C11H12INO. The van der Waals surface area contributed by atoms with Gasteiger partial charge in [0.15, 0.2) is 5.78 Å². The topological polar surface area (TPSA) is 43.1 Å². The highest BCUT2D eigenvalue weighted by molar-refractivity contribution is 14.1. The molecule has 0 aliphatic heterocycles. The highest BCUT2D eigenvalue weighted by Crippen LogP contribution is 2.08. The number of halogens is 1. The van der Waals surface area contributed by atoms with Gasteiger partial charge >= 0.3 is 0 Å². The van der Waals surface area contributed by atoms with Crippen molar-refractivity contribution in [3.8, 4) is 0 Å². The molecular weight excluding hydrogens is 289 g/mol. The maximum Gasteiger partial charge on any atom is 0.161 e. The fourth-order valence-electron chi connectivity index (χ4n) is 1.15. The summed E-state index contributed by atoms with van der Waals surface area (Å²) in [6.45, 7) is 1.71. The van der Waals surface area contributed by atoms with Crippen LogP contribution in [-0.2, 0) is 11.2 Å². The zero-order chi connectivity index (χ0) is 10.6. The van der Waals surface area contributed by atoms with Crippen molar-refractivity contribution in [2.24, 2.45) is 5.73 Å². The molecule has 1 rings (SSSR count). The van der Waals surface area contributed by atoms with Crippen LogP contribution in [0.4, 0.5) is 0 Å². The lowest BCUT2D eigenvalue weighted by Crippen LogP contribution is -2.02. The van der Waals surface area contributed by atoms with Gasteiger partial charge in [0.25, 0.3) is 0 Å². The van der Waals surface area contributed by atoms with Crippen LogP contribution in [0, 0.1) is 3.57 Å². The van der Waals surface area contributed by atoms with Crippen LogP contribution in [0.3, 0.4) is 0 Å². The van der Waals surface area contributed by atoms with Gasteiger partial charge in [0.1, 0.15) is 0 Å². The average Bonchev–Trinajstić information content (AvgIpc) is 2.01. The van der Waals surface area contributed by atoms with Crippen LogP contribution >= 0.6 is 22.6 Å². The third kappa shape index (κ3) is 3.91. The largest absolute Gasteiger partial charge is 0.402 e. The van der Waals surface area contributed by atoms with Gasteiger partial charge in [-0.2, -0.15) is 0 Å². The Morgan fingerprint density at radius 3 is 2.86 bits per heavy atom. The lowest BCUT2D eigenvalue weighted by Gasteiger charge is -1.98. The molecule has 0 radical (unpaired) electrons. The van der Waals surface area contributed by atoms with Crippen molar-refractivity contribution in [3.05, 3.63) is 45.2 Å². The Morgan fingerprint density at radius 1 is 1.57 bits per heavy atom. The van der Waals surface area contributed by atoms with E-state index in [0.717, 1.165) is 9.13 Å². The number of nitrogens with two attached hydrogens (primary N) is 1. The zero-order valence-corrected chi connectivity index (χ0v) is 10.1. The summed E-state index contributed by atoms with van der Waals surface area (Å²) < 4.78 is 1.14. The molecule has 1 aromatic rings. The van der Waals surface area contributed by atoms with Crippen molar-refractivity contribution in [1.29, 1.82) is 0 Å². The third-order valence-corrected chi connectivity index (χ3v) is 2.33. The van der Waals surface area contributed by atoms with Gasteiger partial charge in [0, 0.05) is 15.7 Å². The molecule has 0 aliphatic rings. The fourth-order valence-corrected chi connectivity index (χ4v) is 1.76. The molecule has 0 heterocycles. The highest BCUT2D eigenvalue weighted by Gasteiger charge is 2.00. The Hall–Kier alpha value is -0.840. The molecule has 1 aromatic carbocycles. The second kappa shape index (κ2) is 5.14. The van der Waals surface area contributed by atoms with E-state index in [1.165, 1.54) is 6.08 Å². The Labute approximate surface area is 97.3 Å². The van der Waals surface area contributed by atoms with Gasteiger partial charge in [-0.1, -0.05) is 12.1 Å². The van der Waals surface area contributed by atoms with Gasteiger partial charge in [-0.15, -0.1) is 0 Å². The molecule has 0 saturated carbocycles. The Balaban J connectivity index is 2.70. The van der Waals surface area contributed by atoms with Crippen LogP contribution < -0.4 is 5.73 Å². The predicted octanol–water partition coefficient (Wildman–Crippen LogP) is 2.27. The summed E-state index contributed by atoms with van der Waals surface area (Å²) in [5.74, 6) is 0.0481. The molecule has 2 nitrogen and oxygen atoms in total. The minimum absolute atomic E-state index is 0.0481. The molecule has 0 aliphatic carbocycles. The lowest BCUT2D eigenvalue weighted by molar-refractivity contribution is -0.114. The first kappa shape index (κ1) is 11.2. The van der Waals surface area contributed by atoms with Crippen molar-refractivity contribution < 1.29 is 4.79 Å². The van der Waals surface area contributed by atoms with E-state index in [9.17, 15) is 4.79 Å². The number of ketones is 1. The minimum atomic E-state index is 0.0481. The van der Waals surface area contributed by atoms with E-state index in [1.807, 2.05) is 24.3 Å². The van der Waals surface area contributed by atoms with Crippen molar-refractivity contribution in [2.45, 2.75) is 13.3 Å². The first-order valence-corrected chi connectivity index (χ1v) is 5.37. The van der Waals surface area contributed by atoms with Crippen molar-refractivity contribution >= 4 is 28.4 Å². The van der Waals surface area contributed by atoms with Crippen LogP contribution in [0.2, 0.25) is 0 Å². The third-order valence-electron chi connectivity index (χ3n) is 1.66.